The molecule has 3 aromatic rings. The minimum atomic E-state index is -0.0176. The van der Waals surface area contributed by atoms with Gasteiger partial charge in [-0.1, -0.05) is 6.07 Å². The number of rotatable bonds is 6. The zero-order valence-corrected chi connectivity index (χ0v) is 13.5. The Morgan fingerprint density at radius 2 is 2.14 bits per heavy atom. The van der Waals surface area contributed by atoms with Crippen molar-refractivity contribution in [3.05, 3.63) is 75.0 Å². The fraction of sp³-hybridized carbons (Fsp3) is 0.118. The number of hydrogen-bond donors (Lipinski definition) is 0. The normalized spacial score (nSPS) is 11.1. The molecule has 0 radical (unpaired) electrons. The van der Waals surface area contributed by atoms with Crippen molar-refractivity contribution in [2.75, 3.05) is 0 Å². The van der Waals surface area contributed by atoms with E-state index in [-0.39, 0.29) is 5.91 Å². The van der Waals surface area contributed by atoms with Crippen molar-refractivity contribution in [3.63, 3.8) is 0 Å². The highest BCUT2D eigenvalue weighted by Gasteiger charge is 2.14. The maximum atomic E-state index is 12.5. The lowest BCUT2D eigenvalue weighted by Gasteiger charge is -2.19. The molecule has 0 aromatic carbocycles. The average molecular weight is 329 g/mol. The summed E-state index contributed by atoms with van der Waals surface area (Å²) in [6, 6.07) is 9.72. The molecule has 3 heterocycles. The van der Waals surface area contributed by atoms with Gasteiger partial charge in [0.2, 0.25) is 5.91 Å². The summed E-state index contributed by atoms with van der Waals surface area (Å²) in [5, 5.41) is 6.08. The predicted octanol–water partition coefficient (Wildman–Crippen LogP) is 4.64. The van der Waals surface area contributed by atoms with Gasteiger partial charge in [0.25, 0.3) is 0 Å². The van der Waals surface area contributed by atoms with Gasteiger partial charge in [-0.3, -0.25) is 4.79 Å². The lowest BCUT2D eigenvalue weighted by Crippen LogP contribution is -2.28. The third-order valence-electron chi connectivity index (χ3n) is 3.13. The summed E-state index contributed by atoms with van der Waals surface area (Å²) in [4.78, 5) is 15.4. The Hall–Kier alpha value is -2.11. The van der Waals surface area contributed by atoms with E-state index < -0.39 is 0 Å². The van der Waals surface area contributed by atoms with E-state index >= 15 is 0 Å². The first-order valence-electron chi connectivity index (χ1n) is 6.85. The molecule has 0 unspecified atom stereocenters. The van der Waals surface area contributed by atoms with Crippen LogP contribution in [0.15, 0.2) is 63.2 Å². The minimum absolute atomic E-state index is 0.0176. The Labute approximate surface area is 137 Å². The van der Waals surface area contributed by atoms with E-state index in [9.17, 15) is 4.79 Å². The molecule has 0 saturated heterocycles. The summed E-state index contributed by atoms with van der Waals surface area (Å²) in [7, 11) is 0. The van der Waals surface area contributed by atoms with Crippen LogP contribution in [-0.4, -0.2) is 10.8 Å². The molecule has 0 fully saturated rings. The van der Waals surface area contributed by atoms with E-state index in [1.807, 2.05) is 47.2 Å². The van der Waals surface area contributed by atoms with Crippen LogP contribution in [0.1, 0.15) is 16.2 Å². The number of carbonyl (C=O) groups excluding carboxylic acids is 1. The fourth-order valence-corrected chi connectivity index (χ4v) is 3.33. The SMILES string of the molecule is O=C(/C=C/c1cccs1)N(Cc1ccsc1)Cc1ccco1. The molecule has 0 N–H and O–H groups in total. The highest BCUT2D eigenvalue weighted by Crippen LogP contribution is 2.15. The molecule has 5 heteroatoms. The van der Waals surface area contributed by atoms with Crippen molar-refractivity contribution in [2.24, 2.45) is 0 Å². The highest BCUT2D eigenvalue weighted by molar-refractivity contribution is 7.10. The van der Waals surface area contributed by atoms with Crippen molar-refractivity contribution in [2.45, 2.75) is 13.1 Å². The molecule has 0 bridgehead atoms. The van der Waals surface area contributed by atoms with Gasteiger partial charge in [-0.2, -0.15) is 11.3 Å². The summed E-state index contributed by atoms with van der Waals surface area (Å²) in [5.41, 5.74) is 1.13. The van der Waals surface area contributed by atoms with Gasteiger partial charge >= 0.3 is 0 Å². The number of furan rings is 1. The first kappa shape index (κ1) is 14.8. The van der Waals surface area contributed by atoms with Gasteiger partial charge in [-0.05, 0) is 52.0 Å². The van der Waals surface area contributed by atoms with Gasteiger partial charge in [0.15, 0.2) is 0 Å². The second-order valence-corrected chi connectivity index (χ2v) is 6.51. The van der Waals surface area contributed by atoms with Crippen molar-refractivity contribution in [1.29, 1.82) is 0 Å². The van der Waals surface area contributed by atoms with Gasteiger partial charge < -0.3 is 9.32 Å². The first-order valence-corrected chi connectivity index (χ1v) is 8.67. The van der Waals surface area contributed by atoms with Gasteiger partial charge in [-0.15, -0.1) is 11.3 Å². The van der Waals surface area contributed by atoms with Crippen molar-refractivity contribution in [3.8, 4) is 0 Å². The highest BCUT2D eigenvalue weighted by atomic mass is 32.1. The van der Waals surface area contributed by atoms with Crippen LogP contribution < -0.4 is 0 Å². The van der Waals surface area contributed by atoms with Crippen LogP contribution in [0, 0.1) is 0 Å². The molecule has 0 aliphatic rings. The Morgan fingerprint density at radius 1 is 1.18 bits per heavy atom. The van der Waals surface area contributed by atoms with E-state index in [1.165, 1.54) is 0 Å². The molecule has 3 nitrogen and oxygen atoms in total. The molecule has 0 saturated carbocycles. The van der Waals surface area contributed by atoms with Crippen LogP contribution in [0.4, 0.5) is 0 Å². The molecular weight excluding hydrogens is 314 g/mol. The summed E-state index contributed by atoms with van der Waals surface area (Å²) >= 11 is 3.25. The van der Waals surface area contributed by atoms with Crippen LogP contribution in [0.25, 0.3) is 6.08 Å². The molecule has 0 atom stereocenters. The molecule has 0 aliphatic heterocycles. The Morgan fingerprint density at radius 3 is 2.82 bits per heavy atom. The Kier molecular flexibility index (Phi) is 4.88. The molecular formula is C17H15NO2S2. The third kappa shape index (κ3) is 3.96. The first-order chi connectivity index (χ1) is 10.8. The van der Waals surface area contributed by atoms with Crippen LogP contribution in [0.3, 0.4) is 0 Å². The Bertz CT molecular complexity index is 677. The van der Waals surface area contributed by atoms with Gasteiger partial charge in [-0.25, -0.2) is 0 Å². The fourth-order valence-electron chi connectivity index (χ4n) is 2.05. The van der Waals surface area contributed by atoms with Crippen LogP contribution in [0.2, 0.25) is 0 Å². The second kappa shape index (κ2) is 7.24. The van der Waals surface area contributed by atoms with Crippen molar-refractivity contribution in [1.82, 2.24) is 4.90 Å². The van der Waals surface area contributed by atoms with Crippen molar-refractivity contribution >= 4 is 34.7 Å². The van der Waals surface area contributed by atoms with Crippen LogP contribution in [0.5, 0.6) is 0 Å². The number of nitrogens with zero attached hydrogens (tertiary/aromatic N) is 1. The van der Waals surface area contributed by atoms with Gasteiger partial charge in [0.05, 0.1) is 12.8 Å². The molecule has 0 aliphatic carbocycles. The lowest BCUT2D eigenvalue weighted by atomic mass is 10.2. The minimum Gasteiger partial charge on any atom is -0.467 e. The molecule has 1 amide bonds. The lowest BCUT2D eigenvalue weighted by molar-refractivity contribution is -0.127. The summed E-state index contributed by atoms with van der Waals surface area (Å²) in [5.74, 6) is 0.768. The maximum Gasteiger partial charge on any atom is 0.247 e. The van der Waals surface area contributed by atoms with Gasteiger partial charge in [0, 0.05) is 17.5 Å². The smallest absolute Gasteiger partial charge is 0.247 e. The van der Waals surface area contributed by atoms with E-state index in [4.69, 9.17) is 4.42 Å². The third-order valence-corrected chi connectivity index (χ3v) is 4.69. The quantitative estimate of drug-likeness (QED) is 0.617. The van der Waals surface area contributed by atoms with Crippen LogP contribution in [-0.2, 0) is 17.9 Å². The topological polar surface area (TPSA) is 33.5 Å². The van der Waals surface area contributed by atoms with Crippen molar-refractivity contribution < 1.29 is 9.21 Å². The molecule has 22 heavy (non-hydrogen) atoms. The molecule has 3 aromatic heterocycles. The standard InChI is InChI=1S/C17H15NO2S2/c19-17(6-5-16-4-2-9-22-16)18(11-14-7-10-21-13-14)12-15-3-1-8-20-15/h1-10,13H,11-12H2/b6-5+. The number of thiophene rings is 2. The summed E-state index contributed by atoms with van der Waals surface area (Å²) in [6.07, 6.45) is 5.11. The zero-order valence-electron chi connectivity index (χ0n) is 11.8. The average Bonchev–Trinajstić information content (AvgIpc) is 3.27. The predicted molar refractivity (Wildman–Crippen MR) is 90.6 cm³/mol. The molecule has 112 valence electrons. The molecule has 0 spiro atoms. The monoisotopic (exact) mass is 329 g/mol. The largest absolute Gasteiger partial charge is 0.467 e. The van der Waals surface area contributed by atoms with Gasteiger partial charge in [0.1, 0.15) is 5.76 Å². The van der Waals surface area contributed by atoms with E-state index in [0.29, 0.717) is 13.1 Å². The molecule has 3 rings (SSSR count). The Balaban J connectivity index is 1.73. The number of amides is 1. The van der Waals surface area contributed by atoms with E-state index in [1.54, 1.807) is 39.9 Å². The van der Waals surface area contributed by atoms with E-state index in [0.717, 1.165) is 16.2 Å². The summed E-state index contributed by atoms with van der Waals surface area (Å²) < 4.78 is 5.37. The zero-order chi connectivity index (χ0) is 15.2. The van der Waals surface area contributed by atoms with Crippen LogP contribution >= 0.6 is 22.7 Å². The van der Waals surface area contributed by atoms with E-state index in [2.05, 4.69) is 5.38 Å². The number of carbonyl (C=O) groups is 1. The summed E-state index contributed by atoms with van der Waals surface area (Å²) in [6.45, 7) is 1.05. The number of hydrogen-bond acceptors (Lipinski definition) is 4. The second-order valence-electron chi connectivity index (χ2n) is 4.75. The maximum absolute atomic E-state index is 12.5.